The first-order valence-corrected chi connectivity index (χ1v) is 9.41. The van der Waals surface area contributed by atoms with Gasteiger partial charge in [-0.2, -0.15) is 0 Å². The molecule has 0 bridgehead atoms. The lowest BCUT2D eigenvalue weighted by atomic mass is 9.99. The molecule has 0 saturated carbocycles. The van der Waals surface area contributed by atoms with E-state index >= 15 is 0 Å². The van der Waals surface area contributed by atoms with Gasteiger partial charge < -0.3 is 19.5 Å². The third-order valence-electron chi connectivity index (χ3n) is 5.26. The number of methoxy groups -OCH3 is 2. The highest BCUT2D eigenvalue weighted by atomic mass is 16.5. The van der Waals surface area contributed by atoms with Crippen LogP contribution in [0, 0.1) is 0 Å². The maximum absolute atomic E-state index is 5.85. The zero-order chi connectivity index (χ0) is 17.8. The molecule has 2 saturated heterocycles. The van der Waals surface area contributed by atoms with Crippen molar-refractivity contribution in [2.75, 3.05) is 27.3 Å². The minimum absolute atomic E-state index is 0.364. The van der Waals surface area contributed by atoms with Crippen LogP contribution >= 0.6 is 0 Å². The summed E-state index contributed by atoms with van der Waals surface area (Å²) in [6, 6.07) is 7.29. The maximum atomic E-state index is 5.85. The Morgan fingerprint density at radius 1 is 1.04 bits per heavy atom. The molecule has 3 rings (SSSR count). The molecule has 1 aromatic rings. The number of ether oxygens (including phenoxy) is 3. The summed E-state index contributed by atoms with van der Waals surface area (Å²) in [4.78, 5) is 2.51. The quantitative estimate of drug-likeness (QED) is 0.856. The molecular weight excluding hydrogens is 316 g/mol. The molecule has 1 N–H and O–H groups in total. The molecule has 2 aliphatic rings. The number of likely N-dealkylation sites (tertiary alicyclic amines) is 1. The summed E-state index contributed by atoms with van der Waals surface area (Å²) in [5, 5.41) is 3.87. The predicted molar refractivity (Wildman–Crippen MR) is 99.4 cm³/mol. The van der Waals surface area contributed by atoms with Crippen molar-refractivity contribution in [2.45, 2.75) is 63.9 Å². The Hall–Kier alpha value is -1.30. The summed E-state index contributed by atoms with van der Waals surface area (Å²) in [5.74, 6) is 1.71. The molecule has 3 unspecified atom stereocenters. The smallest absolute Gasteiger partial charge is 0.122 e. The van der Waals surface area contributed by atoms with Crippen LogP contribution in [-0.4, -0.2) is 56.5 Å². The average molecular weight is 348 g/mol. The van der Waals surface area contributed by atoms with Crippen molar-refractivity contribution >= 4 is 0 Å². The molecule has 5 heteroatoms. The van der Waals surface area contributed by atoms with E-state index in [9.17, 15) is 0 Å². The molecule has 0 amide bonds. The monoisotopic (exact) mass is 348 g/mol. The van der Waals surface area contributed by atoms with E-state index in [2.05, 4.69) is 36.2 Å². The van der Waals surface area contributed by atoms with E-state index in [0.29, 0.717) is 24.3 Å². The first kappa shape index (κ1) is 18.5. The topological polar surface area (TPSA) is 43.0 Å². The lowest BCUT2D eigenvalue weighted by Crippen LogP contribution is -2.46. The molecule has 0 aliphatic carbocycles. The van der Waals surface area contributed by atoms with Crippen molar-refractivity contribution in [2.24, 2.45) is 0 Å². The van der Waals surface area contributed by atoms with E-state index in [1.54, 1.807) is 14.2 Å². The summed E-state index contributed by atoms with van der Waals surface area (Å²) in [6.45, 7) is 7.53. The molecular formula is C20H32N2O3. The highest BCUT2D eigenvalue weighted by Crippen LogP contribution is 2.25. The zero-order valence-corrected chi connectivity index (χ0v) is 16.0. The van der Waals surface area contributed by atoms with E-state index in [4.69, 9.17) is 14.2 Å². The molecule has 0 radical (unpaired) electrons. The molecule has 5 nitrogen and oxygen atoms in total. The lowest BCUT2D eigenvalue weighted by molar-refractivity contribution is -0.0434. The van der Waals surface area contributed by atoms with Gasteiger partial charge in [-0.25, -0.2) is 0 Å². The highest BCUT2D eigenvalue weighted by Gasteiger charge is 2.29. The molecule has 3 atom stereocenters. The van der Waals surface area contributed by atoms with Crippen LogP contribution < -0.4 is 14.8 Å². The van der Waals surface area contributed by atoms with E-state index in [1.165, 1.54) is 12.0 Å². The minimum atomic E-state index is 0.364. The van der Waals surface area contributed by atoms with Crippen LogP contribution in [0.4, 0.5) is 0 Å². The minimum Gasteiger partial charge on any atom is -0.497 e. The van der Waals surface area contributed by atoms with E-state index < -0.39 is 0 Å². The fourth-order valence-electron chi connectivity index (χ4n) is 4.20. The van der Waals surface area contributed by atoms with Gasteiger partial charge in [-0.15, -0.1) is 0 Å². The maximum Gasteiger partial charge on any atom is 0.122 e. The number of nitrogens with zero attached hydrogens (tertiary/aromatic N) is 1. The van der Waals surface area contributed by atoms with Gasteiger partial charge in [-0.05, 0) is 50.8 Å². The molecule has 2 fully saturated rings. The Labute approximate surface area is 151 Å². The molecule has 2 aliphatic heterocycles. The molecule has 140 valence electrons. The first-order chi connectivity index (χ1) is 12.1. The van der Waals surface area contributed by atoms with Gasteiger partial charge in [-0.3, -0.25) is 4.90 Å². The second-order valence-corrected chi connectivity index (χ2v) is 7.53. The van der Waals surface area contributed by atoms with Crippen molar-refractivity contribution in [3.8, 4) is 11.5 Å². The Kier molecular flexibility index (Phi) is 6.20. The standard InChI is InChI=1S/C20H32N2O3/c1-14-7-18(8-15(2)25-14)21-17-5-6-22(13-17)12-16-9-19(23-3)11-20(10-16)24-4/h9-11,14-15,17-18,21H,5-8,12-13H2,1-4H3. The summed E-state index contributed by atoms with van der Waals surface area (Å²) < 4.78 is 16.6. The summed E-state index contributed by atoms with van der Waals surface area (Å²) in [6.07, 6.45) is 4.18. The van der Waals surface area contributed by atoms with Crippen molar-refractivity contribution in [1.29, 1.82) is 0 Å². The number of rotatable bonds is 6. The lowest BCUT2D eigenvalue weighted by Gasteiger charge is -2.34. The molecule has 25 heavy (non-hydrogen) atoms. The van der Waals surface area contributed by atoms with Crippen molar-refractivity contribution in [1.82, 2.24) is 10.2 Å². The number of hydrogen-bond acceptors (Lipinski definition) is 5. The average Bonchev–Trinajstić information content (AvgIpc) is 3.00. The van der Waals surface area contributed by atoms with Gasteiger partial charge >= 0.3 is 0 Å². The Bertz CT molecular complexity index is 534. The highest BCUT2D eigenvalue weighted by molar-refractivity contribution is 5.38. The van der Waals surface area contributed by atoms with E-state index in [-0.39, 0.29) is 0 Å². The first-order valence-electron chi connectivity index (χ1n) is 9.41. The number of hydrogen-bond donors (Lipinski definition) is 1. The van der Waals surface area contributed by atoms with Gasteiger partial charge in [0.15, 0.2) is 0 Å². The Morgan fingerprint density at radius 2 is 1.68 bits per heavy atom. The van der Waals surface area contributed by atoms with Gasteiger partial charge in [0.1, 0.15) is 11.5 Å². The Morgan fingerprint density at radius 3 is 2.28 bits per heavy atom. The second-order valence-electron chi connectivity index (χ2n) is 7.53. The molecule has 0 spiro atoms. The zero-order valence-electron chi connectivity index (χ0n) is 16.0. The van der Waals surface area contributed by atoms with Crippen LogP contribution in [0.5, 0.6) is 11.5 Å². The van der Waals surface area contributed by atoms with E-state index in [0.717, 1.165) is 44.0 Å². The summed E-state index contributed by atoms with van der Waals surface area (Å²) in [5.41, 5.74) is 1.24. The Balaban J connectivity index is 1.53. The van der Waals surface area contributed by atoms with E-state index in [1.807, 2.05) is 6.07 Å². The van der Waals surface area contributed by atoms with Crippen molar-refractivity contribution in [3.63, 3.8) is 0 Å². The number of benzene rings is 1. The third-order valence-corrected chi connectivity index (χ3v) is 5.26. The second kappa shape index (κ2) is 8.39. The normalized spacial score (nSPS) is 30.4. The predicted octanol–water partition coefficient (Wildman–Crippen LogP) is 2.82. The van der Waals surface area contributed by atoms with Gasteiger partial charge in [0, 0.05) is 37.8 Å². The largest absolute Gasteiger partial charge is 0.497 e. The van der Waals surface area contributed by atoms with Gasteiger partial charge in [0.2, 0.25) is 0 Å². The van der Waals surface area contributed by atoms with Crippen LogP contribution in [0.15, 0.2) is 18.2 Å². The van der Waals surface area contributed by atoms with Crippen LogP contribution in [0.25, 0.3) is 0 Å². The van der Waals surface area contributed by atoms with Gasteiger partial charge in [0.05, 0.1) is 26.4 Å². The van der Waals surface area contributed by atoms with Crippen molar-refractivity contribution in [3.05, 3.63) is 23.8 Å². The van der Waals surface area contributed by atoms with Gasteiger partial charge in [-0.1, -0.05) is 0 Å². The third kappa shape index (κ3) is 5.09. The summed E-state index contributed by atoms with van der Waals surface area (Å²) >= 11 is 0. The molecule has 0 aromatic heterocycles. The number of nitrogens with one attached hydrogen (secondary N) is 1. The van der Waals surface area contributed by atoms with Crippen molar-refractivity contribution < 1.29 is 14.2 Å². The van der Waals surface area contributed by atoms with Crippen LogP contribution in [-0.2, 0) is 11.3 Å². The molecule has 2 heterocycles. The van der Waals surface area contributed by atoms with Crippen LogP contribution in [0.1, 0.15) is 38.7 Å². The van der Waals surface area contributed by atoms with Gasteiger partial charge in [0.25, 0.3) is 0 Å². The van der Waals surface area contributed by atoms with Crippen LogP contribution in [0.2, 0.25) is 0 Å². The fourth-order valence-corrected chi connectivity index (χ4v) is 4.20. The summed E-state index contributed by atoms with van der Waals surface area (Å²) in [7, 11) is 3.40. The fraction of sp³-hybridized carbons (Fsp3) is 0.700. The van der Waals surface area contributed by atoms with Crippen LogP contribution in [0.3, 0.4) is 0 Å². The SMILES string of the molecule is COc1cc(CN2CCC(NC3CC(C)OC(C)C3)C2)cc(OC)c1. The molecule has 1 aromatic carbocycles.